The molecule has 0 heterocycles. The lowest BCUT2D eigenvalue weighted by molar-refractivity contribution is -0.384. The van der Waals surface area contributed by atoms with Crippen molar-refractivity contribution < 1.29 is 23.7 Å². The number of nitro benzene ring substituents is 1. The Bertz CT molecular complexity index is 1000. The second kappa shape index (κ2) is 10.5. The molecule has 2 aromatic carbocycles. The maximum absolute atomic E-state index is 13.7. The molecule has 0 aliphatic heterocycles. The highest BCUT2D eigenvalue weighted by Gasteiger charge is 2.27. The lowest BCUT2D eigenvalue weighted by Crippen LogP contribution is -2.45. The molecule has 0 bridgehead atoms. The highest BCUT2D eigenvalue weighted by Crippen LogP contribution is 2.28. The molecule has 0 unspecified atom stereocenters. The fourth-order valence-electron chi connectivity index (χ4n) is 3.63. The molecule has 1 aliphatic carbocycles. The maximum atomic E-state index is 13.7. The molecule has 10 heteroatoms. The van der Waals surface area contributed by atoms with Crippen LogP contribution in [-0.4, -0.2) is 29.2 Å². The molecule has 2 aromatic rings. The number of carbonyl (C=O) groups is 3. The molecule has 3 N–H and O–H groups in total. The van der Waals surface area contributed by atoms with Crippen LogP contribution in [0, 0.1) is 27.8 Å². The normalized spacial score (nSPS) is 17.8. The number of hydrogen-bond donors (Lipinski definition) is 3. The van der Waals surface area contributed by atoms with Crippen molar-refractivity contribution in [3.05, 3.63) is 75.6 Å². The van der Waals surface area contributed by atoms with Crippen LogP contribution in [-0.2, 0) is 4.79 Å². The molecule has 168 valence electrons. The van der Waals surface area contributed by atoms with E-state index >= 15 is 0 Å². The zero-order valence-corrected chi connectivity index (χ0v) is 17.2. The minimum Gasteiger partial charge on any atom is -0.352 e. The van der Waals surface area contributed by atoms with Crippen LogP contribution >= 0.6 is 0 Å². The fourth-order valence-corrected chi connectivity index (χ4v) is 3.63. The number of rotatable bonds is 6. The lowest BCUT2D eigenvalue weighted by Gasteiger charge is -2.27. The van der Waals surface area contributed by atoms with Crippen molar-refractivity contribution in [3.63, 3.8) is 0 Å². The van der Waals surface area contributed by atoms with E-state index in [0.717, 1.165) is 0 Å². The molecule has 3 rings (SSSR count). The third kappa shape index (κ3) is 5.87. The van der Waals surface area contributed by atoms with Gasteiger partial charge in [0.2, 0.25) is 5.91 Å². The standard InChI is InChI=1S/C22H23FN4O5/c23-19-4-2-1-3-18(19)22(30)24-13-14-5-7-15(8-6-14)20(28)25-26-21(29)16-9-11-17(12-10-16)27(31)32/h1-4,9-12,14-15H,5-8,13H2,(H,24,30)(H,25,28)(H,26,29). The average molecular weight is 442 g/mol. The van der Waals surface area contributed by atoms with Gasteiger partial charge >= 0.3 is 0 Å². The molecule has 3 amide bonds. The first-order valence-electron chi connectivity index (χ1n) is 10.2. The minimum absolute atomic E-state index is 0.00401. The van der Waals surface area contributed by atoms with Crippen LogP contribution in [0.4, 0.5) is 10.1 Å². The molecule has 32 heavy (non-hydrogen) atoms. The first kappa shape index (κ1) is 22.9. The molecule has 0 spiro atoms. The third-order valence-electron chi connectivity index (χ3n) is 5.53. The van der Waals surface area contributed by atoms with Crippen LogP contribution in [0.25, 0.3) is 0 Å². The summed E-state index contributed by atoms with van der Waals surface area (Å²) in [6.07, 6.45) is 2.62. The van der Waals surface area contributed by atoms with Crippen LogP contribution in [0.3, 0.4) is 0 Å². The molecule has 0 aromatic heterocycles. The van der Waals surface area contributed by atoms with Crippen molar-refractivity contribution in [3.8, 4) is 0 Å². The number of nitrogens with one attached hydrogen (secondary N) is 3. The first-order valence-corrected chi connectivity index (χ1v) is 10.2. The van der Waals surface area contributed by atoms with Gasteiger partial charge in [0.1, 0.15) is 5.82 Å². The second-order valence-electron chi connectivity index (χ2n) is 7.65. The molecular weight excluding hydrogens is 419 g/mol. The molecule has 0 radical (unpaired) electrons. The van der Waals surface area contributed by atoms with Crippen molar-refractivity contribution in [2.45, 2.75) is 25.7 Å². The van der Waals surface area contributed by atoms with E-state index in [9.17, 15) is 28.9 Å². The van der Waals surface area contributed by atoms with E-state index in [-0.39, 0.29) is 34.6 Å². The number of carbonyl (C=O) groups excluding carboxylic acids is 3. The SMILES string of the molecule is O=C(NNC(=O)C1CCC(CNC(=O)c2ccccc2F)CC1)c1ccc([N+](=O)[O-])cc1. The van der Waals surface area contributed by atoms with Gasteiger partial charge in [-0.25, -0.2) is 4.39 Å². The number of benzene rings is 2. The van der Waals surface area contributed by atoms with Crippen molar-refractivity contribution in [1.29, 1.82) is 0 Å². The molecule has 1 aliphatic rings. The summed E-state index contributed by atoms with van der Waals surface area (Å²) < 4.78 is 13.7. The van der Waals surface area contributed by atoms with Crippen LogP contribution in [0.15, 0.2) is 48.5 Å². The van der Waals surface area contributed by atoms with E-state index in [1.165, 1.54) is 42.5 Å². The molecule has 0 atom stereocenters. The van der Waals surface area contributed by atoms with Crippen molar-refractivity contribution in [2.24, 2.45) is 11.8 Å². The molecular formula is C22H23FN4O5. The summed E-state index contributed by atoms with van der Waals surface area (Å²) in [5.74, 6) is -2.00. The lowest BCUT2D eigenvalue weighted by atomic mass is 9.81. The Morgan fingerprint density at radius 3 is 2.22 bits per heavy atom. The zero-order chi connectivity index (χ0) is 23.1. The smallest absolute Gasteiger partial charge is 0.269 e. The number of amides is 3. The molecule has 9 nitrogen and oxygen atoms in total. The van der Waals surface area contributed by atoms with Gasteiger partial charge in [0.25, 0.3) is 17.5 Å². The Hall–Kier alpha value is -3.82. The monoisotopic (exact) mass is 442 g/mol. The fraction of sp³-hybridized carbons (Fsp3) is 0.318. The van der Waals surface area contributed by atoms with Gasteiger partial charge in [0.15, 0.2) is 0 Å². The summed E-state index contributed by atoms with van der Waals surface area (Å²) in [5, 5.41) is 13.4. The van der Waals surface area contributed by atoms with E-state index in [2.05, 4.69) is 16.2 Å². The van der Waals surface area contributed by atoms with E-state index in [4.69, 9.17) is 0 Å². The molecule has 1 saturated carbocycles. The third-order valence-corrected chi connectivity index (χ3v) is 5.53. The Kier molecular flexibility index (Phi) is 7.48. The van der Waals surface area contributed by atoms with E-state index in [1.807, 2.05) is 0 Å². The first-order chi connectivity index (χ1) is 15.3. The summed E-state index contributed by atoms with van der Waals surface area (Å²) >= 11 is 0. The van der Waals surface area contributed by atoms with E-state index < -0.39 is 22.6 Å². The highest BCUT2D eigenvalue weighted by molar-refractivity contribution is 5.96. The van der Waals surface area contributed by atoms with Crippen molar-refractivity contribution >= 4 is 23.4 Å². The van der Waals surface area contributed by atoms with Gasteiger partial charge in [-0.3, -0.25) is 35.3 Å². The van der Waals surface area contributed by atoms with Crippen LogP contribution < -0.4 is 16.2 Å². The predicted octanol–water partition coefficient (Wildman–Crippen LogP) is 2.73. The Morgan fingerprint density at radius 1 is 0.938 bits per heavy atom. The summed E-state index contributed by atoms with van der Waals surface area (Å²) in [4.78, 5) is 46.6. The quantitative estimate of drug-likeness (QED) is 0.468. The summed E-state index contributed by atoms with van der Waals surface area (Å²) in [7, 11) is 0. The Labute approximate surface area is 183 Å². The number of non-ortho nitro benzene ring substituents is 1. The Morgan fingerprint density at radius 2 is 1.59 bits per heavy atom. The van der Waals surface area contributed by atoms with Crippen LogP contribution in [0.1, 0.15) is 46.4 Å². The number of halogens is 1. The number of hydrazine groups is 1. The second-order valence-corrected chi connectivity index (χ2v) is 7.65. The van der Waals surface area contributed by atoms with Gasteiger partial charge in [0.05, 0.1) is 10.5 Å². The molecule has 1 fully saturated rings. The van der Waals surface area contributed by atoms with Gasteiger partial charge in [-0.15, -0.1) is 0 Å². The van der Waals surface area contributed by atoms with Gasteiger partial charge in [-0.2, -0.15) is 0 Å². The van der Waals surface area contributed by atoms with E-state index in [0.29, 0.717) is 32.2 Å². The number of hydrogen-bond acceptors (Lipinski definition) is 5. The van der Waals surface area contributed by atoms with Crippen LogP contribution in [0.2, 0.25) is 0 Å². The number of nitrogens with zero attached hydrogens (tertiary/aromatic N) is 1. The highest BCUT2D eigenvalue weighted by atomic mass is 19.1. The van der Waals surface area contributed by atoms with E-state index in [1.54, 1.807) is 6.07 Å². The van der Waals surface area contributed by atoms with Crippen LogP contribution in [0.5, 0.6) is 0 Å². The topological polar surface area (TPSA) is 130 Å². The Balaban J connectivity index is 1.39. The largest absolute Gasteiger partial charge is 0.352 e. The van der Waals surface area contributed by atoms with Crippen molar-refractivity contribution in [1.82, 2.24) is 16.2 Å². The zero-order valence-electron chi connectivity index (χ0n) is 17.2. The average Bonchev–Trinajstić information content (AvgIpc) is 2.81. The predicted molar refractivity (Wildman–Crippen MR) is 113 cm³/mol. The number of nitro groups is 1. The minimum atomic E-state index is -0.571. The van der Waals surface area contributed by atoms with Crippen molar-refractivity contribution in [2.75, 3.05) is 6.54 Å². The van der Waals surface area contributed by atoms with Gasteiger partial charge in [-0.05, 0) is 55.9 Å². The molecule has 0 saturated heterocycles. The van der Waals surface area contributed by atoms with Gasteiger partial charge in [-0.1, -0.05) is 12.1 Å². The summed E-state index contributed by atoms with van der Waals surface area (Å²) in [6, 6.07) is 10.8. The van der Waals surface area contributed by atoms with Gasteiger partial charge < -0.3 is 5.32 Å². The van der Waals surface area contributed by atoms with Gasteiger partial charge in [0, 0.05) is 30.2 Å². The maximum Gasteiger partial charge on any atom is 0.269 e. The summed E-state index contributed by atoms with van der Waals surface area (Å²) in [5.41, 5.74) is 4.77. The summed E-state index contributed by atoms with van der Waals surface area (Å²) in [6.45, 7) is 0.401.